The highest BCUT2D eigenvalue weighted by atomic mass is 32.2. The zero-order chi connectivity index (χ0) is 14.8. The van der Waals surface area contributed by atoms with Gasteiger partial charge in [0.05, 0.1) is 23.5 Å². The van der Waals surface area contributed by atoms with Gasteiger partial charge >= 0.3 is 0 Å². The molecule has 2 N–H and O–H groups in total. The van der Waals surface area contributed by atoms with E-state index in [0.717, 1.165) is 12.2 Å². The van der Waals surface area contributed by atoms with E-state index in [4.69, 9.17) is 6.42 Å². The van der Waals surface area contributed by atoms with Gasteiger partial charge in [0.25, 0.3) is 5.91 Å². The number of terminal acetylenes is 1. The van der Waals surface area contributed by atoms with Gasteiger partial charge in [-0.05, 0) is 24.3 Å². The molecule has 0 radical (unpaired) electrons. The molecule has 0 aliphatic rings. The van der Waals surface area contributed by atoms with Crippen LogP contribution in [0.5, 0.6) is 0 Å². The Bertz CT molecular complexity index is 509. The van der Waals surface area contributed by atoms with E-state index in [9.17, 15) is 9.59 Å². The largest absolute Gasteiger partial charge is 0.341 e. The van der Waals surface area contributed by atoms with Crippen molar-refractivity contribution in [1.29, 1.82) is 0 Å². The average Bonchev–Trinajstić information content (AvgIpc) is 2.45. The van der Waals surface area contributed by atoms with E-state index in [0.29, 0.717) is 17.0 Å². The molecule has 0 heterocycles. The molecule has 5 heteroatoms. The first-order valence-electron chi connectivity index (χ1n) is 6.37. The summed E-state index contributed by atoms with van der Waals surface area (Å²) >= 11 is 1.57. The van der Waals surface area contributed by atoms with Crippen molar-refractivity contribution in [2.75, 3.05) is 23.4 Å². The minimum absolute atomic E-state index is 0.111. The molecule has 0 saturated heterocycles. The number of benzene rings is 1. The lowest BCUT2D eigenvalue weighted by Gasteiger charge is -2.10. The Balaban J connectivity index is 2.68. The molecule has 0 bridgehead atoms. The summed E-state index contributed by atoms with van der Waals surface area (Å²) in [5.41, 5.74) is 0.917. The van der Waals surface area contributed by atoms with E-state index < -0.39 is 0 Å². The van der Waals surface area contributed by atoms with Gasteiger partial charge in [0.1, 0.15) is 0 Å². The van der Waals surface area contributed by atoms with Gasteiger partial charge in [0, 0.05) is 0 Å². The van der Waals surface area contributed by atoms with Crippen molar-refractivity contribution in [2.45, 2.75) is 13.3 Å². The molecule has 2 amide bonds. The van der Waals surface area contributed by atoms with Crippen LogP contribution in [0.4, 0.5) is 5.69 Å². The molecule has 0 unspecified atom stereocenters. The smallest absolute Gasteiger partial charge is 0.254 e. The summed E-state index contributed by atoms with van der Waals surface area (Å²) in [6, 6.07) is 6.87. The summed E-state index contributed by atoms with van der Waals surface area (Å²) < 4.78 is 0. The molecule has 0 saturated carbocycles. The molecule has 0 aliphatic carbocycles. The van der Waals surface area contributed by atoms with E-state index in [1.54, 1.807) is 36.0 Å². The summed E-state index contributed by atoms with van der Waals surface area (Å²) in [5, 5.41) is 5.34. The predicted octanol–water partition coefficient (Wildman–Crippen LogP) is 2.13. The third-order valence-electron chi connectivity index (χ3n) is 2.38. The second kappa shape index (κ2) is 9.05. The number of hydrogen-bond donors (Lipinski definition) is 2. The van der Waals surface area contributed by atoms with E-state index >= 15 is 0 Å². The molecule has 1 aromatic carbocycles. The van der Waals surface area contributed by atoms with Gasteiger partial charge in [-0.25, -0.2) is 0 Å². The Kier molecular flexibility index (Phi) is 7.30. The van der Waals surface area contributed by atoms with Crippen LogP contribution >= 0.6 is 11.8 Å². The number of amides is 2. The number of para-hydroxylation sites is 1. The number of anilines is 1. The van der Waals surface area contributed by atoms with Crippen molar-refractivity contribution >= 4 is 29.3 Å². The number of nitrogens with one attached hydrogen (secondary N) is 2. The topological polar surface area (TPSA) is 58.2 Å². The van der Waals surface area contributed by atoms with Crippen molar-refractivity contribution in [2.24, 2.45) is 0 Å². The number of thioether (sulfide) groups is 1. The SMILES string of the molecule is C#CCNC(=O)c1ccccc1NC(=O)CSCCC. The molecule has 0 aromatic heterocycles. The fraction of sp³-hybridized carbons (Fsp3) is 0.333. The Morgan fingerprint density at radius 1 is 1.35 bits per heavy atom. The normalized spacial score (nSPS) is 9.60. The minimum atomic E-state index is -0.292. The quantitative estimate of drug-likeness (QED) is 0.597. The third-order valence-corrected chi connectivity index (χ3v) is 3.54. The number of carbonyl (C=O) groups excluding carboxylic acids is 2. The molecule has 20 heavy (non-hydrogen) atoms. The van der Waals surface area contributed by atoms with Crippen LogP contribution in [0.25, 0.3) is 0 Å². The van der Waals surface area contributed by atoms with Gasteiger partial charge in [-0.3, -0.25) is 9.59 Å². The summed E-state index contributed by atoms with van der Waals surface area (Å²) in [6.45, 7) is 2.23. The highest BCUT2D eigenvalue weighted by Gasteiger charge is 2.12. The maximum Gasteiger partial charge on any atom is 0.254 e. The first-order valence-corrected chi connectivity index (χ1v) is 7.52. The lowest BCUT2D eigenvalue weighted by Crippen LogP contribution is -2.25. The first kappa shape index (κ1) is 16.1. The second-order valence-electron chi connectivity index (χ2n) is 4.03. The number of hydrogen-bond acceptors (Lipinski definition) is 3. The lowest BCUT2D eigenvalue weighted by atomic mass is 10.1. The minimum Gasteiger partial charge on any atom is -0.341 e. The fourth-order valence-electron chi connectivity index (χ4n) is 1.51. The van der Waals surface area contributed by atoms with Crippen LogP contribution in [0.3, 0.4) is 0 Å². The van der Waals surface area contributed by atoms with Crippen molar-refractivity contribution in [3.8, 4) is 12.3 Å². The van der Waals surface area contributed by atoms with E-state index in [1.807, 2.05) is 0 Å². The zero-order valence-electron chi connectivity index (χ0n) is 11.4. The summed E-state index contributed by atoms with van der Waals surface area (Å²) in [7, 11) is 0. The molecule has 0 spiro atoms. The Hall–Kier alpha value is -1.93. The van der Waals surface area contributed by atoms with Crippen LogP contribution in [0.1, 0.15) is 23.7 Å². The van der Waals surface area contributed by atoms with E-state index in [1.165, 1.54) is 0 Å². The van der Waals surface area contributed by atoms with Crippen LogP contribution in [0.15, 0.2) is 24.3 Å². The van der Waals surface area contributed by atoms with Crippen molar-refractivity contribution < 1.29 is 9.59 Å². The Labute approximate surface area is 123 Å². The van der Waals surface area contributed by atoms with Gasteiger partial charge < -0.3 is 10.6 Å². The molecular formula is C15H18N2O2S. The molecule has 4 nitrogen and oxygen atoms in total. The first-order chi connectivity index (χ1) is 9.69. The van der Waals surface area contributed by atoms with Gasteiger partial charge in [-0.1, -0.05) is 25.0 Å². The monoisotopic (exact) mass is 290 g/mol. The maximum atomic E-state index is 11.9. The summed E-state index contributed by atoms with van der Waals surface area (Å²) in [4.78, 5) is 23.7. The van der Waals surface area contributed by atoms with Crippen molar-refractivity contribution in [1.82, 2.24) is 5.32 Å². The molecule has 0 aliphatic heterocycles. The molecule has 0 fully saturated rings. The summed E-state index contributed by atoms with van der Waals surface area (Å²) in [6.07, 6.45) is 6.14. The molecule has 1 aromatic rings. The third kappa shape index (κ3) is 5.37. The van der Waals surface area contributed by atoms with Gasteiger partial charge in [-0.2, -0.15) is 11.8 Å². The van der Waals surface area contributed by atoms with Gasteiger partial charge in [-0.15, -0.1) is 6.42 Å². The Morgan fingerprint density at radius 3 is 2.80 bits per heavy atom. The highest BCUT2D eigenvalue weighted by Crippen LogP contribution is 2.15. The zero-order valence-corrected chi connectivity index (χ0v) is 12.3. The standard InChI is InChI=1S/C15H18N2O2S/c1-3-9-16-15(19)12-7-5-6-8-13(12)17-14(18)11-20-10-4-2/h1,5-8H,4,9-11H2,2H3,(H,16,19)(H,17,18). The van der Waals surface area contributed by atoms with Crippen LogP contribution < -0.4 is 10.6 Å². The van der Waals surface area contributed by atoms with Crippen molar-refractivity contribution in [3.05, 3.63) is 29.8 Å². The van der Waals surface area contributed by atoms with Crippen molar-refractivity contribution in [3.63, 3.8) is 0 Å². The Morgan fingerprint density at radius 2 is 2.10 bits per heavy atom. The molecular weight excluding hydrogens is 272 g/mol. The van der Waals surface area contributed by atoms with Crippen LogP contribution in [0.2, 0.25) is 0 Å². The fourth-order valence-corrected chi connectivity index (χ4v) is 2.20. The highest BCUT2D eigenvalue weighted by molar-refractivity contribution is 7.99. The summed E-state index contributed by atoms with van der Waals surface area (Å²) in [5.74, 6) is 3.26. The number of carbonyl (C=O) groups is 2. The second-order valence-corrected chi connectivity index (χ2v) is 5.14. The predicted molar refractivity (Wildman–Crippen MR) is 83.9 cm³/mol. The average molecular weight is 290 g/mol. The van der Waals surface area contributed by atoms with Gasteiger partial charge in [0.2, 0.25) is 5.91 Å². The molecule has 1 rings (SSSR count). The van der Waals surface area contributed by atoms with E-state index in [-0.39, 0.29) is 18.4 Å². The lowest BCUT2D eigenvalue weighted by molar-refractivity contribution is -0.113. The van der Waals surface area contributed by atoms with Crippen LogP contribution in [0, 0.1) is 12.3 Å². The maximum absolute atomic E-state index is 11.9. The molecule has 106 valence electrons. The van der Waals surface area contributed by atoms with E-state index in [2.05, 4.69) is 23.5 Å². The van der Waals surface area contributed by atoms with Crippen LogP contribution in [-0.2, 0) is 4.79 Å². The number of rotatable bonds is 7. The van der Waals surface area contributed by atoms with Crippen LogP contribution in [-0.4, -0.2) is 29.9 Å². The molecule has 0 atom stereocenters. The van der Waals surface area contributed by atoms with Gasteiger partial charge in [0.15, 0.2) is 0 Å².